The Morgan fingerprint density at radius 2 is 1.60 bits per heavy atom. The molecule has 1 heterocycles. The molecule has 2 atom stereocenters. The van der Waals surface area contributed by atoms with E-state index in [1.54, 1.807) is 0 Å². The smallest absolute Gasteiger partial charge is 0.255 e. The van der Waals surface area contributed by atoms with Crippen LogP contribution >= 0.6 is 0 Å². The van der Waals surface area contributed by atoms with Gasteiger partial charge in [0.15, 0.2) is 0 Å². The molecule has 132 valence electrons. The molecule has 1 saturated heterocycles. The van der Waals surface area contributed by atoms with Gasteiger partial charge in [-0.3, -0.25) is 9.69 Å². The van der Waals surface area contributed by atoms with Crippen molar-refractivity contribution in [2.24, 2.45) is 11.8 Å². The number of carbonyl (C=O) groups is 1. The third-order valence-corrected chi connectivity index (χ3v) is 4.88. The molecule has 3 heteroatoms. The molecule has 0 bridgehead atoms. The Morgan fingerprint density at radius 1 is 1.00 bits per heavy atom. The summed E-state index contributed by atoms with van der Waals surface area (Å²) in [6.07, 6.45) is 1.33. The molecule has 0 aromatic heterocycles. The van der Waals surface area contributed by atoms with Crippen LogP contribution in [0.1, 0.15) is 41.8 Å². The van der Waals surface area contributed by atoms with Crippen molar-refractivity contribution in [1.82, 2.24) is 4.90 Å². The minimum Gasteiger partial charge on any atom is -0.322 e. The maximum atomic E-state index is 12.3. The topological polar surface area (TPSA) is 32.3 Å². The number of benzene rings is 2. The van der Waals surface area contributed by atoms with Crippen LogP contribution in [0, 0.1) is 18.8 Å². The van der Waals surface area contributed by atoms with Gasteiger partial charge in [0, 0.05) is 30.9 Å². The van der Waals surface area contributed by atoms with Crippen LogP contribution in [0.5, 0.6) is 0 Å². The molecule has 3 rings (SSSR count). The van der Waals surface area contributed by atoms with E-state index in [0.717, 1.165) is 29.6 Å². The van der Waals surface area contributed by atoms with Crippen molar-refractivity contribution in [3.05, 3.63) is 65.2 Å². The number of hydrogen-bond acceptors (Lipinski definition) is 2. The zero-order valence-corrected chi connectivity index (χ0v) is 15.5. The zero-order chi connectivity index (χ0) is 17.8. The predicted molar refractivity (Wildman–Crippen MR) is 104 cm³/mol. The number of nitrogens with zero attached hydrogens (tertiary/aromatic N) is 1. The van der Waals surface area contributed by atoms with Gasteiger partial charge in [0.05, 0.1) is 0 Å². The fourth-order valence-corrected chi connectivity index (χ4v) is 3.78. The van der Waals surface area contributed by atoms with Crippen LogP contribution in [0.2, 0.25) is 0 Å². The summed E-state index contributed by atoms with van der Waals surface area (Å²) in [5.74, 6) is 1.49. The Labute approximate surface area is 151 Å². The van der Waals surface area contributed by atoms with Gasteiger partial charge in [-0.2, -0.15) is 0 Å². The van der Waals surface area contributed by atoms with Gasteiger partial charge in [-0.05, 0) is 55.0 Å². The number of amides is 1. The molecule has 1 aliphatic heterocycles. The van der Waals surface area contributed by atoms with Crippen LogP contribution in [-0.2, 0) is 6.54 Å². The molecule has 1 aliphatic rings. The Kier molecular flexibility index (Phi) is 5.54. The molecule has 2 aromatic carbocycles. The first-order valence-electron chi connectivity index (χ1n) is 9.19. The average molecular weight is 336 g/mol. The lowest BCUT2D eigenvalue weighted by Gasteiger charge is -2.35. The maximum Gasteiger partial charge on any atom is 0.255 e. The summed E-state index contributed by atoms with van der Waals surface area (Å²) in [5.41, 5.74) is 3.98. The Hall–Kier alpha value is -2.13. The van der Waals surface area contributed by atoms with Crippen molar-refractivity contribution in [1.29, 1.82) is 0 Å². The van der Waals surface area contributed by atoms with Crippen molar-refractivity contribution in [3.63, 3.8) is 0 Å². The Balaban J connectivity index is 1.58. The molecule has 0 saturated carbocycles. The normalized spacial score (nSPS) is 21.1. The van der Waals surface area contributed by atoms with Crippen molar-refractivity contribution < 1.29 is 4.79 Å². The molecule has 1 N–H and O–H groups in total. The van der Waals surface area contributed by atoms with E-state index >= 15 is 0 Å². The van der Waals surface area contributed by atoms with Crippen LogP contribution in [0.15, 0.2) is 48.5 Å². The van der Waals surface area contributed by atoms with E-state index in [-0.39, 0.29) is 5.91 Å². The summed E-state index contributed by atoms with van der Waals surface area (Å²) in [7, 11) is 0. The molecule has 0 aliphatic carbocycles. The van der Waals surface area contributed by atoms with Gasteiger partial charge in [-0.25, -0.2) is 0 Å². The van der Waals surface area contributed by atoms with Gasteiger partial charge in [0.25, 0.3) is 5.91 Å². The highest BCUT2D eigenvalue weighted by Crippen LogP contribution is 2.23. The van der Waals surface area contributed by atoms with E-state index in [0.29, 0.717) is 5.56 Å². The van der Waals surface area contributed by atoms with Crippen molar-refractivity contribution in [2.45, 2.75) is 33.7 Å². The number of rotatable bonds is 4. The van der Waals surface area contributed by atoms with Gasteiger partial charge < -0.3 is 5.32 Å². The highest BCUT2D eigenvalue weighted by molar-refractivity contribution is 6.04. The van der Waals surface area contributed by atoms with E-state index in [9.17, 15) is 4.79 Å². The fourth-order valence-electron chi connectivity index (χ4n) is 3.78. The molecule has 2 unspecified atom stereocenters. The summed E-state index contributed by atoms with van der Waals surface area (Å²) in [6.45, 7) is 10.0. The lowest BCUT2D eigenvalue weighted by Crippen LogP contribution is -2.38. The number of likely N-dealkylation sites (tertiary alicyclic amines) is 1. The molecular formula is C22H28N2O. The first kappa shape index (κ1) is 17.7. The fraction of sp³-hybridized carbons (Fsp3) is 0.409. The van der Waals surface area contributed by atoms with Gasteiger partial charge in [0.2, 0.25) is 0 Å². The number of aryl methyl sites for hydroxylation is 1. The number of carbonyl (C=O) groups excluding carboxylic acids is 1. The molecule has 2 aromatic rings. The number of hydrogen-bond donors (Lipinski definition) is 1. The molecule has 3 nitrogen and oxygen atoms in total. The van der Waals surface area contributed by atoms with E-state index < -0.39 is 0 Å². The van der Waals surface area contributed by atoms with Crippen LogP contribution in [0.3, 0.4) is 0 Å². The van der Waals surface area contributed by atoms with Crippen LogP contribution in [0.25, 0.3) is 0 Å². The van der Waals surface area contributed by atoms with Crippen LogP contribution in [0.4, 0.5) is 5.69 Å². The van der Waals surface area contributed by atoms with Gasteiger partial charge in [-0.15, -0.1) is 0 Å². The average Bonchev–Trinajstić information content (AvgIpc) is 2.56. The van der Waals surface area contributed by atoms with E-state index in [1.165, 1.54) is 25.1 Å². The summed E-state index contributed by atoms with van der Waals surface area (Å²) in [5, 5.41) is 2.97. The van der Waals surface area contributed by atoms with Crippen LogP contribution < -0.4 is 5.32 Å². The molecule has 25 heavy (non-hydrogen) atoms. The van der Waals surface area contributed by atoms with E-state index in [2.05, 4.69) is 36.2 Å². The minimum absolute atomic E-state index is 0.0635. The standard InChI is InChI=1S/C22H28N2O/c1-16-4-8-20(9-5-16)22(25)23-21-10-6-19(7-11-21)15-24-13-17(2)12-18(3)14-24/h4-11,17-18H,12-15H2,1-3H3,(H,23,25). The molecule has 0 radical (unpaired) electrons. The molecule has 0 spiro atoms. The van der Waals surface area contributed by atoms with Gasteiger partial charge in [-0.1, -0.05) is 43.7 Å². The second-order valence-corrected chi connectivity index (χ2v) is 7.66. The minimum atomic E-state index is -0.0635. The third-order valence-electron chi connectivity index (χ3n) is 4.88. The quantitative estimate of drug-likeness (QED) is 0.876. The first-order valence-corrected chi connectivity index (χ1v) is 9.19. The number of piperidine rings is 1. The predicted octanol–water partition coefficient (Wildman–Crippen LogP) is 4.73. The van der Waals surface area contributed by atoms with Crippen molar-refractivity contribution in [3.8, 4) is 0 Å². The summed E-state index contributed by atoms with van der Waals surface area (Å²) < 4.78 is 0. The number of anilines is 1. The highest BCUT2D eigenvalue weighted by Gasteiger charge is 2.21. The monoisotopic (exact) mass is 336 g/mol. The van der Waals surface area contributed by atoms with Gasteiger partial charge >= 0.3 is 0 Å². The third kappa shape index (κ3) is 4.93. The number of nitrogens with one attached hydrogen (secondary N) is 1. The molecule has 1 amide bonds. The van der Waals surface area contributed by atoms with E-state index in [1.807, 2.05) is 43.3 Å². The molecular weight excluding hydrogens is 308 g/mol. The Bertz CT molecular complexity index is 696. The lowest BCUT2D eigenvalue weighted by atomic mass is 9.91. The van der Waals surface area contributed by atoms with Crippen molar-refractivity contribution >= 4 is 11.6 Å². The maximum absolute atomic E-state index is 12.3. The lowest BCUT2D eigenvalue weighted by molar-refractivity contribution is 0.102. The second kappa shape index (κ2) is 7.83. The van der Waals surface area contributed by atoms with Gasteiger partial charge in [0.1, 0.15) is 0 Å². The summed E-state index contributed by atoms with van der Waals surface area (Å²) in [4.78, 5) is 14.8. The highest BCUT2D eigenvalue weighted by atomic mass is 16.1. The summed E-state index contributed by atoms with van der Waals surface area (Å²) in [6, 6.07) is 15.9. The van der Waals surface area contributed by atoms with E-state index in [4.69, 9.17) is 0 Å². The zero-order valence-electron chi connectivity index (χ0n) is 15.5. The Morgan fingerprint density at radius 3 is 2.20 bits per heavy atom. The van der Waals surface area contributed by atoms with Crippen LogP contribution in [-0.4, -0.2) is 23.9 Å². The van der Waals surface area contributed by atoms with Crippen molar-refractivity contribution in [2.75, 3.05) is 18.4 Å². The second-order valence-electron chi connectivity index (χ2n) is 7.66. The first-order chi connectivity index (χ1) is 12.0. The largest absolute Gasteiger partial charge is 0.322 e. The SMILES string of the molecule is Cc1ccc(C(=O)Nc2ccc(CN3CC(C)CC(C)C3)cc2)cc1. The molecule has 1 fully saturated rings. The summed E-state index contributed by atoms with van der Waals surface area (Å²) >= 11 is 0.